The van der Waals surface area contributed by atoms with E-state index < -0.39 is 23.2 Å². The summed E-state index contributed by atoms with van der Waals surface area (Å²) >= 11 is 0. The Balaban J connectivity index is 1.85. The number of hydrogen-bond donors (Lipinski definition) is 1. The van der Waals surface area contributed by atoms with Gasteiger partial charge in [0.2, 0.25) is 5.95 Å². The van der Waals surface area contributed by atoms with Gasteiger partial charge in [0.25, 0.3) is 5.91 Å². The first-order valence-corrected chi connectivity index (χ1v) is 7.48. The van der Waals surface area contributed by atoms with Crippen molar-refractivity contribution in [2.24, 2.45) is 0 Å². The van der Waals surface area contributed by atoms with E-state index in [1.54, 1.807) is 6.92 Å². The van der Waals surface area contributed by atoms with Gasteiger partial charge in [0.1, 0.15) is 23.0 Å². The average molecular weight is 334 g/mol. The third kappa shape index (κ3) is 3.48. The van der Waals surface area contributed by atoms with Crippen LogP contribution in [0.5, 0.6) is 0 Å². The highest BCUT2D eigenvalue weighted by atomic mass is 19.1. The van der Waals surface area contributed by atoms with Gasteiger partial charge >= 0.3 is 0 Å². The largest absolute Gasteiger partial charge is 0.378 e. The molecule has 1 saturated heterocycles. The first-order chi connectivity index (χ1) is 11.5. The summed E-state index contributed by atoms with van der Waals surface area (Å²) < 4.78 is 32.6. The summed E-state index contributed by atoms with van der Waals surface area (Å²) in [6, 6.07) is 4.84. The molecule has 2 aromatic rings. The van der Waals surface area contributed by atoms with Crippen LogP contribution in [0.1, 0.15) is 16.2 Å². The molecule has 0 aliphatic carbocycles. The molecule has 1 aliphatic heterocycles. The lowest BCUT2D eigenvalue weighted by atomic mass is 10.2. The topological polar surface area (TPSA) is 67.4 Å². The first-order valence-electron chi connectivity index (χ1n) is 7.48. The Labute approximate surface area is 137 Å². The summed E-state index contributed by atoms with van der Waals surface area (Å²) in [5.41, 5.74) is 0.143. The van der Waals surface area contributed by atoms with Gasteiger partial charge in [-0.2, -0.15) is 0 Å². The summed E-state index contributed by atoms with van der Waals surface area (Å²) in [6.45, 7) is 4.07. The number of anilines is 2. The van der Waals surface area contributed by atoms with Crippen molar-refractivity contribution < 1.29 is 18.3 Å². The molecule has 0 atom stereocenters. The number of ether oxygens (including phenoxy) is 1. The van der Waals surface area contributed by atoms with Crippen molar-refractivity contribution in [1.82, 2.24) is 9.97 Å². The van der Waals surface area contributed by atoms with Crippen molar-refractivity contribution in [3.63, 3.8) is 0 Å². The van der Waals surface area contributed by atoms with E-state index >= 15 is 0 Å². The van der Waals surface area contributed by atoms with Gasteiger partial charge in [-0.1, -0.05) is 6.07 Å². The third-order valence-corrected chi connectivity index (χ3v) is 3.57. The van der Waals surface area contributed by atoms with Crippen LogP contribution in [0.25, 0.3) is 0 Å². The van der Waals surface area contributed by atoms with Crippen molar-refractivity contribution in [2.45, 2.75) is 6.92 Å². The Morgan fingerprint density at radius 2 is 1.88 bits per heavy atom. The number of benzene rings is 1. The van der Waals surface area contributed by atoms with Crippen molar-refractivity contribution >= 4 is 17.5 Å². The van der Waals surface area contributed by atoms with Crippen molar-refractivity contribution in [1.29, 1.82) is 0 Å². The molecule has 1 aromatic carbocycles. The number of carbonyl (C=O) groups excluding carboxylic acids is 1. The highest BCUT2D eigenvalue weighted by Crippen LogP contribution is 2.19. The lowest BCUT2D eigenvalue weighted by Gasteiger charge is -2.27. The maximum absolute atomic E-state index is 13.7. The molecule has 1 amide bonds. The summed E-state index contributed by atoms with van der Waals surface area (Å²) in [5, 5.41) is 2.23. The van der Waals surface area contributed by atoms with Gasteiger partial charge in [-0.15, -0.1) is 0 Å². The molecule has 0 bridgehead atoms. The fourth-order valence-electron chi connectivity index (χ4n) is 2.37. The van der Waals surface area contributed by atoms with Gasteiger partial charge in [-0.05, 0) is 25.1 Å². The van der Waals surface area contributed by atoms with Crippen LogP contribution in [0, 0.1) is 18.6 Å². The first kappa shape index (κ1) is 16.3. The van der Waals surface area contributed by atoms with Crippen LogP contribution >= 0.6 is 0 Å². The molecule has 6 nitrogen and oxygen atoms in total. The minimum absolute atomic E-state index is 0.0478. The SMILES string of the molecule is Cc1cc(C(=O)Nc2c(F)cccc2F)nc(N2CCOCC2)n1. The number of carbonyl (C=O) groups is 1. The van der Waals surface area contributed by atoms with Crippen LogP contribution in [-0.2, 0) is 4.74 Å². The van der Waals surface area contributed by atoms with Crippen molar-refractivity contribution in [3.05, 3.63) is 47.3 Å². The van der Waals surface area contributed by atoms with Gasteiger partial charge in [-0.25, -0.2) is 18.7 Å². The van der Waals surface area contributed by atoms with Crippen LogP contribution in [0.2, 0.25) is 0 Å². The highest BCUT2D eigenvalue weighted by Gasteiger charge is 2.19. The minimum Gasteiger partial charge on any atom is -0.378 e. The summed E-state index contributed by atoms with van der Waals surface area (Å²) in [7, 11) is 0. The fraction of sp³-hybridized carbons (Fsp3) is 0.312. The fourth-order valence-corrected chi connectivity index (χ4v) is 2.37. The van der Waals surface area contributed by atoms with E-state index in [9.17, 15) is 13.6 Å². The number of nitrogens with zero attached hydrogens (tertiary/aromatic N) is 3. The molecule has 24 heavy (non-hydrogen) atoms. The Hall–Kier alpha value is -2.61. The monoisotopic (exact) mass is 334 g/mol. The maximum atomic E-state index is 13.7. The molecule has 126 valence electrons. The Kier molecular flexibility index (Phi) is 4.66. The molecule has 1 fully saturated rings. The molecule has 0 saturated carbocycles. The van der Waals surface area contributed by atoms with Gasteiger partial charge in [-0.3, -0.25) is 4.79 Å². The summed E-state index contributed by atoms with van der Waals surface area (Å²) in [4.78, 5) is 22.8. The number of aromatic nitrogens is 2. The van der Waals surface area contributed by atoms with Crippen LogP contribution in [0.3, 0.4) is 0 Å². The molecule has 1 aromatic heterocycles. The maximum Gasteiger partial charge on any atom is 0.274 e. The quantitative estimate of drug-likeness (QED) is 0.932. The van der Waals surface area contributed by atoms with Crippen molar-refractivity contribution in [2.75, 3.05) is 36.5 Å². The zero-order valence-electron chi connectivity index (χ0n) is 13.1. The second kappa shape index (κ2) is 6.88. The van der Waals surface area contributed by atoms with Crippen LogP contribution in [0.4, 0.5) is 20.4 Å². The molecule has 8 heteroatoms. The van der Waals surface area contributed by atoms with E-state index in [2.05, 4.69) is 15.3 Å². The average Bonchev–Trinajstić information content (AvgIpc) is 2.58. The molecule has 1 N–H and O–H groups in total. The van der Waals surface area contributed by atoms with E-state index in [1.165, 1.54) is 12.1 Å². The zero-order chi connectivity index (χ0) is 17.1. The molecule has 0 radical (unpaired) electrons. The van der Waals surface area contributed by atoms with Gasteiger partial charge in [0, 0.05) is 18.8 Å². The number of aryl methyl sites for hydroxylation is 1. The lowest BCUT2D eigenvalue weighted by Crippen LogP contribution is -2.37. The van der Waals surface area contributed by atoms with E-state index in [0.717, 1.165) is 12.1 Å². The van der Waals surface area contributed by atoms with E-state index in [4.69, 9.17) is 4.74 Å². The van der Waals surface area contributed by atoms with Gasteiger partial charge in [0.15, 0.2) is 0 Å². The third-order valence-electron chi connectivity index (χ3n) is 3.57. The number of nitrogens with one attached hydrogen (secondary N) is 1. The van der Waals surface area contributed by atoms with E-state index in [-0.39, 0.29) is 5.69 Å². The minimum atomic E-state index is -0.845. The predicted molar refractivity (Wildman–Crippen MR) is 84.1 cm³/mol. The molecular formula is C16H16F2N4O2. The summed E-state index contributed by atoms with van der Waals surface area (Å²) in [5.74, 6) is -1.98. The second-order valence-corrected chi connectivity index (χ2v) is 5.34. The molecule has 0 spiro atoms. The predicted octanol–water partition coefficient (Wildman–Crippen LogP) is 2.15. The van der Waals surface area contributed by atoms with Gasteiger partial charge < -0.3 is 15.0 Å². The van der Waals surface area contributed by atoms with Crippen molar-refractivity contribution in [3.8, 4) is 0 Å². The molecule has 2 heterocycles. The number of morpholine rings is 1. The normalized spacial score (nSPS) is 14.5. The smallest absolute Gasteiger partial charge is 0.274 e. The van der Waals surface area contributed by atoms with Gasteiger partial charge in [0.05, 0.1) is 13.2 Å². The molecule has 0 unspecified atom stereocenters. The second-order valence-electron chi connectivity index (χ2n) is 5.34. The van der Waals surface area contributed by atoms with Crippen LogP contribution < -0.4 is 10.2 Å². The molecular weight excluding hydrogens is 318 g/mol. The highest BCUT2D eigenvalue weighted by molar-refractivity contribution is 6.03. The number of hydrogen-bond acceptors (Lipinski definition) is 5. The van der Waals surface area contributed by atoms with Crippen LogP contribution in [0.15, 0.2) is 24.3 Å². The standard InChI is InChI=1S/C16H16F2N4O2/c1-10-9-13(20-16(19-10)22-5-7-24-8-6-22)15(23)21-14-11(17)3-2-4-12(14)18/h2-4,9H,5-8H2,1H3,(H,21,23). The van der Waals surface area contributed by atoms with E-state index in [0.29, 0.717) is 37.9 Å². The number of amides is 1. The Bertz CT molecular complexity index is 743. The Morgan fingerprint density at radius 3 is 2.54 bits per heavy atom. The summed E-state index contributed by atoms with van der Waals surface area (Å²) in [6.07, 6.45) is 0. The zero-order valence-corrected chi connectivity index (χ0v) is 13.1. The van der Waals surface area contributed by atoms with E-state index in [1.807, 2.05) is 4.90 Å². The van der Waals surface area contributed by atoms with Crippen LogP contribution in [-0.4, -0.2) is 42.2 Å². The number of rotatable bonds is 3. The molecule has 3 rings (SSSR count). The lowest BCUT2D eigenvalue weighted by molar-refractivity contribution is 0.102. The Morgan fingerprint density at radius 1 is 1.21 bits per heavy atom. The molecule has 1 aliphatic rings. The number of halogens is 2. The number of para-hydroxylation sites is 1.